The van der Waals surface area contributed by atoms with Crippen LogP contribution in [0.3, 0.4) is 0 Å². The Balaban J connectivity index is 1.36. The Morgan fingerprint density at radius 3 is 2.33 bits per heavy atom. The van der Waals surface area contributed by atoms with Crippen LogP contribution in [0, 0.1) is 10.1 Å². The third-order valence-electron chi connectivity index (χ3n) is 6.92. The van der Waals surface area contributed by atoms with Crippen LogP contribution < -0.4 is 35.0 Å². The summed E-state index contributed by atoms with van der Waals surface area (Å²) in [6.45, 7) is 5.96. The van der Waals surface area contributed by atoms with Crippen molar-refractivity contribution in [2.24, 2.45) is 5.10 Å². The molecule has 3 aromatic rings. The Kier molecular flexibility index (Phi) is 12.2. The lowest BCUT2D eigenvalue weighted by Gasteiger charge is -2.28. The monoisotopic (exact) mass is 663 g/mol. The Bertz CT molecular complexity index is 1680. The smallest absolute Gasteiger partial charge is 0.337 e. The van der Waals surface area contributed by atoms with Crippen molar-refractivity contribution in [3.05, 3.63) is 98.7 Å². The number of hydrogen-bond donors (Lipinski definition) is 4. The van der Waals surface area contributed by atoms with Crippen LogP contribution in [-0.4, -0.2) is 61.4 Å². The number of ether oxygens (including phenoxy) is 5. The molecule has 0 radical (unpaired) electrons. The first-order chi connectivity index (χ1) is 23.1. The molecule has 0 spiro atoms. The standard InChI is InChI=1S/C33H37N5O10/c1-5-45-27-15-22(9-13-25(27)47-18-21-7-11-24(12-8-21)38(42)43)17-34-37-29(39)19-48-26-14-10-23(16-28(26)46-6-2)31-30(32(40)44-4)20(3)35-33(41)36-31/h7-17,29,31,37,39H,5-6,18-19H2,1-4H3,(H2,35,36,41)/b34-17-/t29-,31-/m0/s1. The molecule has 0 saturated heterocycles. The SMILES string of the molecule is CCOc1cc(/C=N\N[C@@H](O)COc2ccc([C@@H]3NC(=O)NC(C)=C3C(=O)OC)cc2OCC)ccc1OCc1ccc([N+](=O)[O-])cc1. The molecule has 0 unspecified atom stereocenters. The molecule has 4 rings (SSSR count). The molecule has 254 valence electrons. The summed E-state index contributed by atoms with van der Waals surface area (Å²) in [5, 5.41) is 30.8. The van der Waals surface area contributed by atoms with E-state index >= 15 is 0 Å². The van der Waals surface area contributed by atoms with Gasteiger partial charge in [0.05, 0.1) is 43.1 Å². The lowest BCUT2D eigenvalue weighted by molar-refractivity contribution is -0.384. The van der Waals surface area contributed by atoms with Gasteiger partial charge in [-0.25, -0.2) is 9.59 Å². The van der Waals surface area contributed by atoms with Gasteiger partial charge < -0.3 is 39.4 Å². The van der Waals surface area contributed by atoms with E-state index in [9.17, 15) is 24.8 Å². The molecule has 0 saturated carbocycles. The van der Waals surface area contributed by atoms with Crippen LogP contribution in [0.2, 0.25) is 0 Å². The number of allylic oxidation sites excluding steroid dienone is 1. The Morgan fingerprint density at radius 1 is 1.00 bits per heavy atom. The van der Waals surface area contributed by atoms with Crippen molar-refractivity contribution in [1.29, 1.82) is 0 Å². The molecule has 0 bridgehead atoms. The number of amides is 2. The predicted molar refractivity (Wildman–Crippen MR) is 174 cm³/mol. The number of hydrazone groups is 1. The van der Waals surface area contributed by atoms with Crippen LogP contribution >= 0.6 is 0 Å². The highest BCUT2D eigenvalue weighted by Gasteiger charge is 2.32. The average Bonchev–Trinajstić information content (AvgIpc) is 3.07. The summed E-state index contributed by atoms with van der Waals surface area (Å²) >= 11 is 0. The van der Waals surface area contributed by atoms with Crippen molar-refractivity contribution in [3.8, 4) is 23.0 Å². The quantitative estimate of drug-likeness (QED) is 0.0567. The summed E-state index contributed by atoms with van der Waals surface area (Å²) in [5.74, 6) is 1.06. The van der Waals surface area contributed by atoms with Crippen LogP contribution in [0.5, 0.6) is 23.0 Å². The van der Waals surface area contributed by atoms with E-state index in [1.807, 2.05) is 6.92 Å². The number of benzene rings is 3. The van der Waals surface area contributed by atoms with Gasteiger partial charge >= 0.3 is 12.0 Å². The molecule has 1 heterocycles. The number of non-ortho nitro benzene ring substituents is 1. The first-order valence-electron chi connectivity index (χ1n) is 15.0. The number of rotatable bonds is 16. The highest BCUT2D eigenvalue weighted by Crippen LogP contribution is 2.35. The second-order valence-corrected chi connectivity index (χ2v) is 10.3. The summed E-state index contributed by atoms with van der Waals surface area (Å²) in [7, 11) is 1.26. The van der Waals surface area contributed by atoms with Gasteiger partial charge in [-0.05, 0) is 79.9 Å². The summed E-state index contributed by atoms with van der Waals surface area (Å²) in [6, 6.07) is 15.0. The number of hydrogen-bond acceptors (Lipinski definition) is 12. The van der Waals surface area contributed by atoms with E-state index in [0.29, 0.717) is 53.0 Å². The van der Waals surface area contributed by atoms with Gasteiger partial charge in [0, 0.05) is 17.8 Å². The van der Waals surface area contributed by atoms with Gasteiger partial charge in [0.1, 0.15) is 13.2 Å². The van der Waals surface area contributed by atoms with E-state index in [0.717, 1.165) is 5.56 Å². The topological polar surface area (TPSA) is 192 Å². The minimum atomic E-state index is -1.19. The molecule has 3 aromatic carbocycles. The highest BCUT2D eigenvalue weighted by atomic mass is 16.6. The normalized spacial score (nSPS) is 14.9. The molecule has 2 atom stereocenters. The highest BCUT2D eigenvalue weighted by molar-refractivity contribution is 5.95. The number of carbonyl (C=O) groups excluding carboxylic acids is 2. The summed E-state index contributed by atoms with van der Waals surface area (Å²) < 4.78 is 28.1. The minimum Gasteiger partial charge on any atom is -0.490 e. The fourth-order valence-electron chi connectivity index (χ4n) is 4.69. The molecule has 2 amide bonds. The van der Waals surface area contributed by atoms with Gasteiger partial charge in [-0.3, -0.25) is 15.5 Å². The van der Waals surface area contributed by atoms with Crippen molar-refractivity contribution >= 4 is 23.9 Å². The maximum absolute atomic E-state index is 12.5. The second-order valence-electron chi connectivity index (χ2n) is 10.3. The summed E-state index contributed by atoms with van der Waals surface area (Å²) in [5.41, 5.74) is 5.22. The summed E-state index contributed by atoms with van der Waals surface area (Å²) in [4.78, 5) is 35.0. The number of nitro benzene ring substituents is 1. The Hall–Kier alpha value is -5.83. The van der Waals surface area contributed by atoms with Crippen molar-refractivity contribution in [2.75, 3.05) is 26.9 Å². The van der Waals surface area contributed by atoms with Crippen LogP contribution in [0.1, 0.15) is 43.5 Å². The fourth-order valence-corrected chi connectivity index (χ4v) is 4.69. The zero-order valence-corrected chi connectivity index (χ0v) is 26.8. The predicted octanol–water partition coefficient (Wildman–Crippen LogP) is 4.09. The van der Waals surface area contributed by atoms with Gasteiger partial charge in [0.25, 0.3) is 5.69 Å². The van der Waals surface area contributed by atoms with Gasteiger partial charge in [0.2, 0.25) is 0 Å². The molecular formula is C33H37N5O10. The maximum Gasteiger partial charge on any atom is 0.337 e. The molecule has 15 nitrogen and oxygen atoms in total. The molecular weight excluding hydrogens is 626 g/mol. The zero-order chi connectivity index (χ0) is 34.6. The number of carbonyl (C=O) groups is 2. The van der Waals surface area contributed by atoms with E-state index in [-0.39, 0.29) is 24.5 Å². The number of aliphatic hydroxyl groups is 1. The average molecular weight is 664 g/mol. The number of methoxy groups -OCH3 is 1. The largest absolute Gasteiger partial charge is 0.490 e. The van der Waals surface area contributed by atoms with Crippen LogP contribution in [0.25, 0.3) is 0 Å². The second kappa shape index (κ2) is 16.6. The fraction of sp³-hybridized carbons (Fsp3) is 0.303. The number of aliphatic hydroxyl groups excluding tert-OH is 1. The van der Waals surface area contributed by atoms with Crippen molar-refractivity contribution in [1.82, 2.24) is 16.1 Å². The van der Waals surface area contributed by atoms with E-state index in [2.05, 4.69) is 21.2 Å². The first-order valence-corrected chi connectivity index (χ1v) is 15.0. The number of nitrogens with one attached hydrogen (secondary N) is 3. The van der Waals surface area contributed by atoms with Gasteiger partial charge in [-0.15, -0.1) is 0 Å². The summed E-state index contributed by atoms with van der Waals surface area (Å²) in [6.07, 6.45) is 0.305. The molecule has 0 fully saturated rings. The first kappa shape index (κ1) is 35.0. The van der Waals surface area contributed by atoms with E-state index < -0.39 is 29.2 Å². The van der Waals surface area contributed by atoms with E-state index in [4.69, 9.17) is 23.7 Å². The molecule has 1 aliphatic heterocycles. The zero-order valence-electron chi connectivity index (χ0n) is 26.8. The van der Waals surface area contributed by atoms with E-state index in [1.165, 1.54) is 25.5 Å². The number of esters is 1. The Morgan fingerprint density at radius 2 is 1.67 bits per heavy atom. The molecule has 0 aliphatic carbocycles. The third-order valence-corrected chi connectivity index (χ3v) is 6.92. The molecule has 15 heteroatoms. The molecule has 4 N–H and O–H groups in total. The maximum atomic E-state index is 12.5. The lowest BCUT2D eigenvalue weighted by atomic mass is 9.95. The van der Waals surface area contributed by atoms with Crippen molar-refractivity contribution in [2.45, 2.75) is 39.6 Å². The van der Waals surface area contributed by atoms with Crippen LogP contribution in [0.15, 0.2) is 77.0 Å². The van der Waals surface area contributed by atoms with Crippen LogP contribution in [-0.2, 0) is 16.1 Å². The van der Waals surface area contributed by atoms with Crippen molar-refractivity contribution in [3.63, 3.8) is 0 Å². The van der Waals surface area contributed by atoms with Gasteiger partial charge in [0.15, 0.2) is 29.2 Å². The third kappa shape index (κ3) is 9.13. The molecule has 1 aliphatic rings. The van der Waals surface area contributed by atoms with Gasteiger partial charge in [-0.2, -0.15) is 5.10 Å². The van der Waals surface area contributed by atoms with E-state index in [1.54, 1.807) is 62.4 Å². The number of nitro groups is 1. The van der Waals surface area contributed by atoms with Gasteiger partial charge in [-0.1, -0.05) is 6.07 Å². The van der Waals surface area contributed by atoms with Crippen molar-refractivity contribution < 1.29 is 43.3 Å². The Labute approximate surface area is 276 Å². The minimum absolute atomic E-state index is 0.00154. The number of urea groups is 1. The van der Waals surface area contributed by atoms with Crippen LogP contribution in [0.4, 0.5) is 10.5 Å². The molecule has 0 aromatic heterocycles. The molecule has 48 heavy (non-hydrogen) atoms. The number of nitrogens with zero attached hydrogens (tertiary/aromatic N) is 2. The lowest BCUT2D eigenvalue weighted by Crippen LogP contribution is -2.45.